The molecule has 0 saturated carbocycles. The van der Waals surface area contributed by atoms with Crippen molar-refractivity contribution in [2.45, 2.75) is 6.42 Å². The van der Waals surface area contributed by atoms with Gasteiger partial charge in [0.05, 0.1) is 17.9 Å². The largest absolute Gasteiger partial charge is 0.480 e. The Balaban J connectivity index is 0.00000220. The summed E-state index contributed by atoms with van der Waals surface area (Å²) in [7, 11) is 0. The van der Waals surface area contributed by atoms with Crippen LogP contribution in [-0.2, 0) is 14.4 Å². The van der Waals surface area contributed by atoms with Crippen molar-refractivity contribution in [2.75, 3.05) is 29.9 Å². The number of anilines is 2. The molecule has 1 aromatic rings. The number of rotatable bonds is 4. The maximum atomic E-state index is 11.7. The van der Waals surface area contributed by atoms with Crippen LogP contribution in [0.2, 0.25) is 0 Å². The average molecular weight is 314 g/mol. The summed E-state index contributed by atoms with van der Waals surface area (Å²) in [6.07, 6.45) is 0.279. The Hall–Kier alpha value is -2.28. The summed E-state index contributed by atoms with van der Waals surface area (Å²) < 4.78 is 0. The highest BCUT2D eigenvalue weighted by Gasteiger charge is 2.20. The van der Waals surface area contributed by atoms with Gasteiger partial charge in [0.25, 0.3) is 0 Å². The highest BCUT2D eigenvalue weighted by atomic mass is 35.5. The summed E-state index contributed by atoms with van der Waals surface area (Å²) in [5.74, 6) is -1.59. The number of hydrogen-bond acceptors (Lipinski definition) is 4. The minimum absolute atomic E-state index is 0. The first kappa shape index (κ1) is 16.8. The van der Waals surface area contributed by atoms with Crippen LogP contribution in [-0.4, -0.2) is 42.5 Å². The fraction of sp³-hybridized carbons (Fsp3) is 0.308. The molecule has 0 atom stereocenters. The molecule has 0 aromatic heterocycles. The Morgan fingerprint density at radius 2 is 2.05 bits per heavy atom. The number of carbonyl (C=O) groups excluding carboxylic acids is 2. The second-order valence-electron chi connectivity index (χ2n) is 4.41. The minimum atomic E-state index is -1.09. The van der Waals surface area contributed by atoms with Gasteiger partial charge in [0, 0.05) is 13.0 Å². The van der Waals surface area contributed by atoms with Crippen LogP contribution in [0.25, 0.3) is 0 Å². The predicted molar refractivity (Wildman–Crippen MR) is 79.8 cm³/mol. The molecule has 1 aliphatic heterocycles. The zero-order valence-corrected chi connectivity index (χ0v) is 12.0. The molecule has 1 aromatic carbocycles. The van der Waals surface area contributed by atoms with Gasteiger partial charge in [-0.05, 0) is 12.1 Å². The Labute approximate surface area is 127 Å². The van der Waals surface area contributed by atoms with Gasteiger partial charge in [-0.25, -0.2) is 0 Å². The van der Waals surface area contributed by atoms with Crippen molar-refractivity contribution in [1.29, 1.82) is 0 Å². The number of benzene rings is 1. The van der Waals surface area contributed by atoms with Crippen LogP contribution in [0.3, 0.4) is 0 Å². The van der Waals surface area contributed by atoms with Crippen molar-refractivity contribution in [3.63, 3.8) is 0 Å². The first-order chi connectivity index (χ1) is 9.56. The van der Waals surface area contributed by atoms with E-state index in [1.165, 1.54) is 0 Å². The molecule has 0 radical (unpaired) electrons. The standard InChI is InChI=1S/C13H15N3O4.ClH/c17-11-5-6-16(8-12(18)14-7-13(19)20)10-4-2-1-3-9(10)15-11;/h1-4H,5-8H2,(H,14,18)(H,15,17)(H,19,20);1H. The lowest BCUT2D eigenvalue weighted by atomic mass is 10.2. The molecule has 0 aliphatic carbocycles. The van der Waals surface area contributed by atoms with E-state index in [0.717, 1.165) is 5.69 Å². The molecule has 2 rings (SSSR count). The molecular weight excluding hydrogens is 298 g/mol. The summed E-state index contributed by atoms with van der Waals surface area (Å²) in [6.45, 7) is 0.00803. The highest BCUT2D eigenvalue weighted by molar-refractivity contribution is 5.97. The fourth-order valence-corrected chi connectivity index (χ4v) is 1.99. The number of nitrogens with zero attached hydrogens (tertiary/aromatic N) is 1. The van der Waals surface area contributed by atoms with Gasteiger partial charge in [0.1, 0.15) is 6.54 Å². The van der Waals surface area contributed by atoms with Crippen LogP contribution in [0.4, 0.5) is 11.4 Å². The summed E-state index contributed by atoms with van der Waals surface area (Å²) in [6, 6.07) is 7.19. The first-order valence-corrected chi connectivity index (χ1v) is 6.18. The molecule has 0 bridgehead atoms. The van der Waals surface area contributed by atoms with E-state index in [1.54, 1.807) is 17.0 Å². The molecule has 3 N–H and O–H groups in total. The van der Waals surface area contributed by atoms with Crippen LogP contribution in [0.5, 0.6) is 0 Å². The lowest BCUT2D eigenvalue weighted by molar-refractivity contribution is -0.137. The highest BCUT2D eigenvalue weighted by Crippen LogP contribution is 2.27. The van der Waals surface area contributed by atoms with Crippen molar-refractivity contribution in [1.82, 2.24) is 5.32 Å². The molecule has 8 heteroatoms. The lowest BCUT2D eigenvalue weighted by Crippen LogP contribution is -2.39. The number of carbonyl (C=O) groups is 3. The Morgan fingerprint density at radius 3 is 2.76 bits per heavy atom. The van der Waals surface area contributed by atoms with Gasteiger partial charge in [-0.3, -0.25) is 14.4 Å². The molecule has 114 valence electrons. The van der Waals surface area contributed by atoms with E-state index in [4.69, 9.17) is 5.11 Å². The third kappa shape index (κ3) is 4.64. The van der Waals surface area contributed by atoms with Gasteiger partial charge in [0.15, 0.2) is 0 Å². The topological polar surface area (TPSA) is 98.7 Å². The van der Waals surface area contributed by atoms with E-state index in [9.17, 15) is 14.4 Å². The normalized spacial score (nSPS) is 13.3. The number of amides is 2. The van der Waals surface area contributed by atoms with E-state index in [0.29, 0.717) is 12.2 Å². The van der Waals surface area contributed by atoms with Crippen LogP contribution in [0, 0.1) is 0 Å². The number of halogens is 1. The second kappa shape index (κ2) is 7.49. The van der Waals surface area contributed by atoms with Gasteiger partial charge in [-0.1, -0.05) is 12.1 Å². The number of aliphatic carboxylic acids is 1. The molecule has 21 heavy (non-hydrogen) atoms. The van der Waals surface area contributed by atoms with E-state index >= 15 is 0 Å². The van der Waals surface area contributed by atoms with Crippen LogP contribution in [0.15, 0.2) is 24.3 Å². The predicted octanol–water partition coefficient (Wildman–Crippen LogP) is 0.458. The van der Waals surface area contributed by atoms with Crippen molar-refractivity contribution >= 4 is 41.6 Å². The molecule has 2 amide bonds. The number of para-hydroxylation sites is 2. The zero-order chi connectivity index (χ0) is 14.5. The first-order valence-electron chi connectivity index (χ1n) is 6.18. The molecule has 0 spiro atoms. The van der Waals surface area contributed by atoms with E-state index in [1.807, 2.05) is 12.1 Å². The molecular formula is C13H16ClN3O4. The lowest BCUT2D eigenvalue weighted by Gasteiger charge is -2.23. The molecule has 1 heterocycles. The maximum Gasteiger partial charge on any atom is 0.322 e. The SMILES string of the molecule is Cl.O=C(O)CNC(=O)CN1CCC(=O)Nc2ccccc21. The van der Waals surface area contributed by atoms with E-state index in [-0.39, 0.29) is 31.3 Å². The number of fused-ring (bicyclic) bond motifs is 1. The summed E-state index contributed by atoms with van der Waals surface area (Å²) in [4.78, 5) is 35.4. The summed E-state index contributed by atoms with van der Waals surface area (Å²) in [5.41, 5.74) is 1.41. The quantitative estimate of drug-likeness (QED) is 0.750. The summed E-state index contributed by atoms with van der Waals surface area (Å²) >= 11 is 0. The summed E-state index contributed by atoms with van der Waals surface area (Å²) in [5, 5.41) is 13.6. The number of nitrogens with one attached hydrogen (secondary N) is 2. The van der Waals surface area contributed by atoms with Crippen molar-refractivity contribution in [3.05, 3.63) is 24.3 Å². The van der Waals surface area contributed by atoms with Gasteiger partial charge in [-0.2, -0.15) is 0 Å². The van der Waals surface area contributed by atoms with Crippen LogP contribution in [0.1, 0.15) is 6.42 Å². The van der Waals surface area contributed by atoms with Gasteiger partial charge in [-0.15, -0.1) is 12.4 Å². The van der Waals surface area contributed by atoms with Crippen molar-refractivity contribution in [3.8, 4) is 0 Å². The minimum Gasteiger partial charge on any atom is -0.480 e. The number of hydrogen-bond donors (Lipinski definition) is 3. The monoisotopic (exact) mass is 313 g/mol. The Bertz CT molecular complexity index is 550. The average Bonchev–Trinajstić information content (AvgIpc) is 2.56. The van der Waals surface area contributed by atoms with Crippen molar-refractivity contribution < 1.29 is 19.5 Å². The molecule has 0 fully saturated rings. The van der Waals surface area contributed by atoms with Gasteiger partial charge in [0.2, 0.25) is 11.8 Å². The smallest absolute Gasteiger partial charge is 0.322 e. The van der Waals surface area contributed by atoms with Gasteiger partial charge >= 0.3 is 5.97 Å². The van der Waals surface area contributed by atoms with Crippen LogP contribution < -0.4 is 15.5 Å². The Morgan fingerprint density at radius 1 is 1.33 bits per heavy atom. The maximum absolute atomic E-state index is 11.7. The molecule has 1 aliphatic rings. The third-order valence-corrected chi connectivity index (χ3v) is 2.90. The van der Waals surface area contributed by atoms with E-state index in [2.05, 4.69) is 10.6 Å². The molecule has 0 unspecified atom stereocenters. The number of carboxylic acid groups (broad SMARTS) is 1. The second-order valence-corrected chi connectivity index (χ2v) is 4.41. The third-order valence-electron chi connectivity index (χ3n) is 2.90. The number of carboxylic acids is 1. The van der Waals surface area contributed by atoms with Crippen LogP contribution >= 0.6 is 12.4 Å². The molecule has 0 saturated heterocycles. The Kier molecular flexibility index (Phi) is 5.98. The zero-order valence-electron chi connectivity index (χ0n) is 11.2. The fourth-order valence-electron chi connectivity index (χ4n) is 1.99. The van der Waals surface area contributed by atoms with Gasteiger partial charge < -0.3 is 20.6 Å². The molecule has 7 nitrogen and oxygen atoms in total. The van der Waals surface area contributed by atoms with Crippen molar-refractivity contribution in [2.24, 2.45) is 0 Å². The van der Waals surface area contributed by atoms with E-state index < -0.39 is 18.4 Å².